The number of nitrogens with one attached hydrogen (secondary N) is 1. The Morgan fingerprint density at radius 1 is 1.33 bits per heavy atom. The number of rotatable bonds is 3. The van der Waals surface area contributed by atoms with Gasteiger partial charge in [-0.2, -0.15) is 0 Å². The molecule has 0 unspecified atom stereocenters. The van der Waals surface area contributed by atoms with Crippen molar-refractivity contribution in [2.24, 2.45) is 0 Å². The molecule has 0 spiro atoms. The molecule has 1 aromatic heterocycles. The number of amides is 1. The molecular formula is C13H9Br2N3O3. The molecule has 1 heterocycles. The summed E-state index contributed by atoms with van der Waals surface area (Å²) in [6.07, 6.45) is 1.50. The molecule has 1 aromatic carbocycles. The monoisotopic (exact) mass is 413 g/mol. The smallest absolute Gasteiger partial charge is 0.274 e. The Morgan fingerprint density at radius 3 is 2.62 bits per heavy atom. The molecule has 0 aliphatic rings. The highest BCUT2D eigenvalue weighted by atomic mass is 79.9. The van der Waals surface area contributed by atoms with E-state index < -0.39 is 10.8 Å². The number of nitrogens with zero attached hydrogens (tertiary/aromatic N) is 2. The molecule has 0 bridgehead atoms. The molecular weight excluding hydrogens is 406 g/mol. The van der Waals surface area contributed by atoms with Crippen LogP contribution in [0.2, 0.25) is 0 Å². The second-order valence-corrected chi connectivity index (χ2v) is 5.96. The number of benzene rings is 1. The highest BCUT2D eigenvalue weighted by Crippen LogP contribution is 2.30. The Hall–Kier alpha value is -1.80. The van der Waals surface area contributed by atoms with Crippen LogP contribution in [0.1, 0.15) is 16.1 Å². The summed E-state index contributed by atoms with van der Waals surface area (Å²) in [7, 11) is 0. The van der Waals surface area contributed by atoms with Gasteiger partial charge in [-0.1, -0.05) is 0 Å². The fourth-order valence-electron chi connectivity index (χ4n) is 1.65. The average Bonchev–Trinajstić information content (AvgIpc) is 2.42. The van der Waals surface area contributed by atoms with Gasteiger partial charge in [0, 0.05) is 26.8 Å². The molecule has 0 radical (unpaired) electrons. The largest absolute Gasteiger partial charge is 0.319 e. The molecule has 0 fully saturated rings. The third kappa shape index (κ3) is 3.64. The topological polar surface area (TPSA) is 85.1 Å². The first kappa shape index (κ1) is 15.6. The summed E-state index contributed by atoms with van der Waals surface area (Å²) in [6.45, 7) is 1.63. The lowest BCUT2D eigenvalue weighted by molar-refractivity contribution is -0.385. The van der Waals surface area contributed by atoms with Gasteiger partial charge in [-0.25, -0.2) is 4.98 Å². The molecule has 0 saturated carbocycles. The molecule has 6 nitrogen and oxygen atoms in total. The van der Waals surface area contributed by atoms with E-state index in [1.54, 1.807) is 25.1 Å². The van der Waals surface area contributed by atoms with Gasteiger partial charge in [0.2, 0.25) is 0 Å². The summed E-state index contributed by atoms with van der Waals surface area (Å²) >= 11 is 6.51. The zero-order valence-electron chi connectivity index (χ0n) is 10.8. The minimum Gasteiger partial charge on any atom is -0.319 e. The minimum atomic E-state index is -0.491. The van der Waals surface area contributed by atoms with Crippen molar-refractivity contribution >= 4 is 49.1 Å². The first-order chi connectivity index (χ1) is 9.88. The second kappa shape index (κ2) is 6.31. The Labute approximate surface area is 137 Å². The van der Waals surface area contributed by atoms with Gasteiger partial charge in [0.05, 0.1) is 10.6 Å². The maximum Gasteiger partial charge on any atom is 0.274 e. The van der Waals surface area contributed by atoms with E-state index in [0.717, 1.165) is 4.47 Å². The molecule has 0 saturated heterocycles. The van der Waals surface area contributed by atoms with Crippen molar-refractivity contribution in [3.63, 3.8) is 0 Å². The third-order valence-corrected chi connectivity index (χ3v) is 3.82. The lowest BCUT2D eigenvalue weighted by Crippen LogP contribution is -2.14. The second-order valence-electron chi connectivity index (χ2n) is 4.19. The van der Waals surface area contributed by atoms with Crippen LogP contribution in [0, 0.1) is 17.0 Å². The van der Waals surface area contributed by atoms with Gasteiger partial charge < -0.3 is 5.32 Å². The number of carbonyl (C=O) groups excluding carboxylic acids is 1. The van der Waals surface area contributed by atoms with Gasteiger partial charge >= 0.3 is 0 Å². The maximum absolute atomic E-state index is 12.1. The van der Waals surface area contributed by atoms with Crippen LogP contribution >= 0.6 is 31.9 Å². The fraction of sp³-hybridized carbons (Fsp3) is 0.0769. The first-order valence-corrected chi connectivity index (χ1v) is 7.34. The molecule has 2 aromatic rings. The number of nitro groups is 1. The number of nitro benzene ring substituents is 1. The van der Waals surface area contributed by atoms with E-state index in [9.17, 15) is 14.9 Å². The van der Waals surface area contributed by atoms with Crippen LogP contribution in [-0.4, -0.2) is 15.8 Å². The zero-order chi connectivity index (χ0) is 15.6. The highest BCUT2D eigenvalue weighted by Gasteiger charge is 2.16. The van der Waals surface area contributed by atoms with Crippen molar-refractivity contribution in [2.75, 3.05) is 5.32 Å². The molecule has 2 rings (SSSR count). The van der Waals surface area contributed by atoms with Crippen molar-refractivity contribution in [1.82, 2.24) is 4.98 Å². The van der Waals surface area contributed by atoms with E-state index in [2.05, 4.69) is 42.2 Å². The summed E-state index contributed by atoms with van der Waals surface area (Å²) in [4.78, 5) is 26.5. The van der Waals surface area contributed by atoms with Crippen LogP contribution in [0.4, 0.5) is 11.4 Å². The molecule has 8 heteroatoms. The molecule has 1 N–H and O–H groups in total. The predicted molar refractivity (Wildman–Crippen MR) is 85.4 cm³/mol. The Balaban J connectivity index is 2.30. The van der Waals surface area contributed by atoms with E-state index in [4.69, 9.17) is 0 Å². The number of anilines is 1. The first-order valence-electron chi connectivity index (χ1n) is 5.76. The SMILES string of the molecule is Cc1cc(Br)c(NC(=O)c2ccc(Br)cn2)cc1[N+](=O)[O-]. The number of aromatic nitrogens is 1. The number of halogens is 2. The van der Waals surface area contributed by atoms with E-state index in [0.29, 0.717) is 15.7 Å². The third-order valence-electron chi connectivity index (χ3n) is 2.69. The Bertz CT molecular complexity index is 717. The Morgan fingerprint density at radius 2 is 2.05 bits per heavy atom. The van der Waals surface area contributed by atoms with Crippen molar-refractivity contribution < 1.29 is 9.72 Å². The van der Waals surface area contributed by atoms with Crippen LogP contribution in [0.15, 0.2) is 39.4 Å². The van der Waals surface area contributed by atoms with Crippen LogP contribution < -0.4 is 5.32 Å². The average molecular weight is 415 g/mol. The standard InChI is InChI=1S/C13H9Br2N3O3/c1-7-4-9(15)11(5-12(7)18(20)21)17-13(19)10-3-2-8(14)6-16-10/h2-6H,1H3,(H,17,19). The predicted octanol–water partition coefficient (Wildman–Crippen LogP) is 4.08. The highest BCUT2D eigenvalue weighted by molar-refractivity contribution is 9.10. The summed E-state index contributed by atoms with van der Waals surface area (Å²) in [6, 6.07) is 6.14. The number of hydrogen-bond acceptors (Lipinski definition) is 4. The van der Waals surface area contributed by atoms with Crippen LogP contribution in [-0.2, 0) is 0 Å². The van der Waals surface area contributed by atoms with Gasteiger partial charge in [-0.3, -0.25) is 14.9 Å². The summed E-state index contributed by atoms with van der Waals surface area (Å²) in [5.74, 6) is -0.443. The van der Waals surface area contributed by atoms with Gasteiger partial charge in [0.1, 0.15) is 5.69 Å². The van der Waals surface area contributed by atoms with E-state index in [-0.39, 0.29) is 11.4 Å². The summed E-state index contributed by atoms with van der Waals surface area (Å²) in [5, 5.41) is 13.5. The van der Waals surface area contributed by atoms with Crippen molar-refractivity contribution in [3.05, 3.63) is 60.8 Å². The van der Waals surface area contributed by atoms with Gasteiger partial charge in [-0.15, -0.1) is 0 Å². The van der Waals surface area contributed by atoms with Crippen LogP contribution in [0.3, 0.4) is 0 Å². The molecule has 0 atom stereocenters. The van der Waals surface area contributed by atoms with Gasteiger partial charge in [0.15, 0.2) is 0 Å². The zero-order valence-corrected chi connectivity index (χ0v) is 13.9. The molecule has 108 valence electrons. The van der Waals surface area contributed by atoms with E-state index in [1.807, 2.05) is 0 Å². The van der Waals surface area contributed by atoms with Gasteiger partial charge in [-0.05, 0) is 57.0 Å². The lowest BCUT2D eigenvalue weighted by Gasteiger charge is -2.08. The van der Waals surface area contributed by atoms with Crippen molar-refractivity contribution in [3.8, 4) is 0 Å². The fourth-order valence-corrected chi connectivity index (χ4v) is 2.44. The van der Waals surface area contributed by atoms with Crippen molar-refractivity contribution in [1.29, 1.82) is 0 Å². The molecule has 21 heavy (non-hydrogen) atoms. The summed E-state index contributed by atoms with van der Waals surface area (Å²) in [5.41, 5.74) is 0.985. The van der Waals surface area contributed by atoms with Crippen LogP contribution in [0.25, 0.3) is 0 Å². The number of carbonyl (C=O) groups is 1. The minimum absolute atomic E-state index is 0.0581. The maximum atomic E-state index is 12.1. The molecule has 0 aliphatic carbocycles. The van der Waals surface area contributed by atoms with Crippen molar-refractivity contribution in [2.45, 2.75) is 6.92 Å². The summed E-state index contributed by atoms with van der Waals surface area (Å²) < 4.78 is 1.32. The quantitative estimate of drug-likeness (QED) is 0.605. The lowest BCUT2D eigenvalue weighted by atomic mass is 10.2. The van der Waals surface area contributed by atoms with E-state index >= 15 is 0 Å². The van der Waals surface area contributed by atoms with Gasteiger partial charge in [0.25, 0.3) is 11.6 Å². The van der Waals surface area contributed by atoms with Crippen LogP contribution in [0.5, 0.6) is 0 Å². The number of pyridine rings is 1. The number of aryl methyl sites for hydroxylation is 1. The normalized spacial score (nSPS) is 10.2. The molecule has 1 amide bonds. The van der Waals surface area contributed by atoms with E-state index in [1.165, 1.54) is 12.3 Å². The Kier molecular flexibility index (Phi) is 4.69. The number of hydrogen-bond donors (Lipinski definition) is 1. The molecule has 0 aliphatic heterocycles.